The summed E-state index contributed by atoms with van der Waals surface area (Å²) in [4.78, 5) is 7.26. The highest BCUT2D eigenvalue weighted by molar-refractivity contribution is 5.80. The molecule has 1 saturated heterocycles. The van der Waals surface area contributed by atoms with E-state index in [1.165, 1.54) is 19.3 Å². The number of nitrogens with zero attached hydrogens (tertiary/aromatic N) is 2. The lowest BCUT2D eigenvalue weighted by atomic mass is 9.64. The van der Waals surface area contributed by atoms with Crippen LogP contribution in [0.5, 0.6) is 0 Å². The fourth-order valence-electron chi connectivity index (χ4n) is 4.17. The zero-order valence-electron chi connectivity index (χ0n) is 18.9. The van der Waals surface area contributed by atoms with Gasteiger partial charge in [0.05, 0.1) is 6.10 Å². The molecule has 1 heterocycles. The normalized spacial score (nSPS) is 26.1. The van der Waals surface area contributed by atoms with Crippen molar-refractivity contribution in [3.63, 3.8) is 0 Å². The average molecular weight is 397 g/mol. The second kappa shape index (κ2) is 12.0. The highest BCUT2D eigenvalue weighted by atomic mass is 16.5. The monoisotopic (exact) mass is 396 g/mol. The van der Waals surface area contributed by atoms with Crippen molar-refractivity contribution in [1.29, 1.82) is 0 Å². The maximum Gasteiger partial charge on any atom is 0.191 e. The summed E-state index contributed by atoms with van der Waals surface area (Å²) in [6.07, 6.45) is 7.24. The molecule has 0 radical (unpaired) electrons. The Bertz CT molecular complexity index is 461. The topological polar surface area (TPSA) is 58.1 Å². The minimum atomic E-state index is 0.147. The standard InChI is InChI=1S/C22H44N4O2/c1-6-8-16-28-20-17-19(22(20,3)4)25-21(23-7-2)24-18-10-13-26(14-11-18)12-9-15-27-5/h18-20H,6-17H2,1-5H3,(H2,23,24,25). The van der Waals surface area contributed by atoms with E-state index in [2.05, 4.69) is 43.2 Å². The molecule has 2 N–H and O–H groups in total. The molecule has 0 aromatic heterocycles. The quantitative estimate of drug-likeness (QED) is 0.319. The van der Waals surface area contributed by atoms with Crippen molar-refractivity contribution in [2.24, 2.45) is 10.4 Å². The van der Waals surface area contributed by atoms with E-state index in [9.17, 15) is 0 Å². The van der Waals surface area contributed by atoms with Gasteiger partial charge in [-0.3, -0.25) is 4.99 Å². The van der Waals surface area contributed by atoms with Crippen LogP contribution in [-0.2, 0) is 9.47 Å². The number of hydrogen-bond acceptors (Lipinski definition) is 4. The number of likely N-dealkylation sites (tertiary alicyclic amines) is 1. The number of rotatable bonds is 11. The molecule has 2 unspecified atom stereocenters. The molecule has 1 aliphatic carbocycles. The van der Waals surface area contributed by atoms with Crippen LogP contribution in [0.15, 0.2) is 4.99 Å². The number of unbranched alkanes of at least 4 members (excludes halogenated alkanes) is 1. The first-order valence-electron chi connectivity index (χ1n) is 11.4. The van der Waals surface area contributed by atoms with Gasteiger partial charge in [0, 0.05) is 64.0 Å². The van der Waals surface area contributed by atoms with Gasteiger partial charge in [0.2, 0.25) is 0 Å². The van der Waals surface area contributed by atoms with Crippen LogP contribution in [0, 0.1) is 5.41 Å². The van der Waals surface area contributed by atoms with Gasteiger partial charge in [0.15, 0.2) is 5.96 Å². The van der Waals surface area contributed by atoms with Gasteiger partial charge in [0.1, 0.15) is 0 Å². The molecule has 0 aromatic rings. The van der Waals surface area contributed by atoms with E-state index in [-0.39, 0.29) is 5.41 Å². The summed E-state index contributed by atoms with van der Waals surface area (Å²) < 4.78 is 11.3. The lowest BCUT2D eigenvalue weighted by Gasteiger charge is -2.52. The SMILES string of the molecule is CCCCOC1CC(NC(=NCC)NC2CCN(CCCOC)CC2)C1(C)C. The summed E-state index contributed by atoms with van der Waals surface area (Å²) in [5.74, 6) is 0.977. The third-order valence-corrected chi connectivity index (χ3v) is 6.37. The summed E-state index contributed by atoms with van der Waals surface area (Å²) in [6, 6.07) is 0.933. The van der Waals surface area contributed by atoms with E-state index in [0.717, 1.165) is 64.6 Å². The molecule has 1 aliphatic heterocycles. The molecule has 0 bridgehead atoms. The number of ether oxygens (including phenoxy) is 2. The summed E-state index contributed by atoms with van der Waals surface area (Å²) in [7, 11) is 1.78. The van der Waals surface area contributed by atoms with E-state index < -0.39 is 0 Å². The maximum absolute atomic E-state index is 6.09. The summed E-state index contributed by atoms with van der Waals surface area (Å²) >= 11 is 0. The lowest BCUT2D eigenvalue weighted by molar-refractivity contribution is -0.113. The Kier molecular flexibility index (Phi) is 10.0. The number of aliphatic imine (C=N–C) groups is 1. The van der Waals surface area contributed by atoms with E-state index in [0.29, 0.717) is 18.2 Å². The van der Waals surface area contributed by atoms with Crippen molar-refractivity contribution < 1.29 is 9.47 Å². The molecule has 6 heteroatoms. The van der Waals surface area contributed by atoms with Crippen molar-refractivity contribution in [2.75, 3.05) is 46.5 Å². The van der Waals surface area contributed by atoms with Gasteiger partial charge in [-0.1, -0.05) is 27.2 Å². The zero-order valence-corrected chi connectivity index (χ0v) is 18.9. The number of hydrogen-bond donors (Lipinski definition) is 2. The molecule has 2 rings (SSSR count). The Morgan fingerprint density at radius 2 is 1.86 bits per heavy atom. The first kappa shape index (κ1) is 23.4. The average Bonchev–Trinajstić information content (AvgIpc) is 2.68. The molecule has 2 aliphatic rings. The van der Waals surface area contributed by atoms with Gasteiger partial charge >= 0.3 is 0 Å². The Hall–Kier alpha value is -0.850. The second-order valence-electron chi connectivity index (χ2n) is 8.90. The van der Waals surface area contributed by atoms with Crippen molar-refractivity contribution in [3.8, 4) is 0 Å². The number of piperidine rings is 1. The molecule has 28 heavy (non-hydrogen) atoms. The van der Waals surface area contributed by atoms with Gasteiger partial charge in [-0.05, 0) is 39.0 Å². The van der Waals surface area contributed by atoms with E-state index in [4.69, 9.17) is 14.5 Å². The van der Waals surface area contributed by atoms with Crippen LogP contribution in [0.1, 0.15) is 66.2 Å². The van der Waals surface area contributed by atoms with Crippen LogP contribution < -0.4 is 10.6 Å². The molecule has 0 amide bonds. The van der Waals surface area contributed by atoms with Gasteiger partial charge in [-0.2, -0.15) is 0 Å². The minimum absolute atomic E-state index is 0.147. The van der Waals surface area contributed by atoms with Gasteiger partial charge < -0.3 is 25.0 Å². The molecule has 1 saturated carbocycles. The molecule has 2 atom stereocenters. The van der Waals surface area contributed by atoms with Gasteiger partial charge in [0.25, 0.3) is 0 Å². The highest BCUT2D eigenvalue weighted by Gasteiger charge is 2.49. The third kappa shape index (κ3) is 6.89. The third-order valence-electron chi connectivity index (χ3n) is 6.37. The number of nitrogens with one attached hydrogen (secondary N) is 2. The second-order valence-corrected chi connectivity index (χ2v) is 8.90. The van der Waals surface area contributed by atoms with Crippen LogP contribution in [-0.4, -0.2) is 75.5 Å². The van der Waals surface area contributed by atoms with Crippen molar-refractivity contribution in [1.82, 2.24) is 15.5 Å². The fourth-order valence-corrected chi connectivity index (χ4v) is 4.17. The van der Waals surface area contributed by atoms with Crippen LogP contribution in [0.3, 0.4) is 0 Å². The Balaban J connectivity index is 1.75. The molecular weight excluding hydrogens is 352 g/mol. The van der Waals surface area contributed by atoms with Gasteiger partial charge in [-0.15, -0.1) is 0 Å². The van der Waals surface area contributed by atoms with E-state index >= 15 is 0 Å². The Morgan fingerprint density at radius 1 is 1.11 bits per heavy atom. The number of guanidine groups is 1. The summed E-state index contributed by atoms with van der Waals surface area (Å²) in [5, 5.41) is 7.39. The van der Waals surface area contributed by atoms with Crippen molar-refractivity contribution >= 4 is 5.96 Å². The molecule has 6 nitrogen and oxygen atoms in total. The number of methoxy groups -OCH3 is 1. The first-order chi connectivity index (χ1) is 13.5. The molecule has 0 aromatic carbocycles. The lowest BCUT2D eigenvalue weighted by Crippen LogP contribution is -2.64. The fraction of sp³-hybridized carbons (Fsp3) is 0.955. The van der Waals surface area contributed by atoms with Crippen LogP contribution in [0.25, 0.3) is 0 Å². The van der Waals surface area contributed by atoms with E-state index in [1.54, 1.807) is 7.11 Å². The van der Waals surface area contributed by atoms with Crippen molar-refractivity contribution in [2.45, 2.75) is 84.4 Å². The molecule has 0 spiro atoms. The molecule has 164 valence electrons. The predicted octanol–water partition coefficient (Wildman–Crippen LogP) is 3.03. The smallest absolute Gasteiger partial charge is 0.191 e. The molecule has 2 fully saturated rings. The summed E-state index contributed by atoms with van der Waals surface area (Å²) in [6.45, 7) is 14.9. The minimum Gasteiger partial charge on any atom is -0.385 e. The zero-order chi connectivity index (χ0) is 20.4. The van der Waals surface area contributed by atoms with Crippen LogP contribution >= 0.6 is 0 Å². The van der Waals surface area contributed by atoms with Gasteiger partial charge in [-0.25, -0.2) is 0 Å². The maximum atomic E-state index is 6.09. The van der Waals surface area contributed by atoms with E-state index in [1.807, 2.05) is 0 Å². The first-order valence-corrected chi connectivity index (χ1v) is 11.4. The van der Waals surface area contributed by atoms with Crippen LogP contribution in [0.4, 0.5) is 0 Å². The van der Waals surface area contributed by atoms with Crippen molar-refractivity contribution in [3.05, 3.63) is 0 Å². The van der Waals surface area contributed by atoms with Crippen LogP contribution in [0.2, 0.25) is 0 Å². The summed E-state index contributed by atoms with van der Waals surface area (Å²) in [5.41, 5.74) is 0.147. The predicted molar refractivity (Wildman–Crippen MR) is 117 cm³/mol. The largest absolute Gasteiger partial charge is 0.385 e. The molecular formula is C22H44N4O2. The highest BCUT2D eigenvalue weighted by Crippen LogP contribution is 2.42. The Morgan fingerprint density at radius 3 is 2.46 bits per heavy atom. The Labute approximate surface area is 172 Å².